The highest BCUT2D eigenvalue weighted by molar-refractivity contribution is 5.97. The minimum Gasteiger partial charge on any atom is -0.493 e. The molecule has 0 spiro atoms. The lowest BCUT2D eigenvalue weighted by molar-refractivity contribution is -0.156. The van der Waals surface area contributed by atoms with Gasteiger partial charge in [-0.1, -0.05) is 0 Å². The van der Waals surface area contributed by atoms with E-state index in [2.05, 4.69) is 0 Å². The fraction of sp³-hybridized carbons (Fsp3) is 0.412. The van der Waals surface area contributed by atoms with Gasteiger partial charge in [0, 0.05) is 18.5 Å². The number of imide groups is 1. The zero-order valence-corrected chi connectivity index (χ0v) is 14.1. The second kappa shape index (κ2) is 8.27. The van der Waals surface area contributed by atoms with E-state index in [0.717, 1.165) is 4.90 Å². The molecule has 0 unspecified atom stereocenters. The van der Waals surface area contributed by atoms with E-state index < -0.39 is 25.1 Å². The molecule has 2 rings (SSSR count). The normalized spacial score (nSPS) is 13.5. The van der Waals surface area contributed by atoms with Crippen LogP contribution in [0.5, 0.6) is 11.5 Å². The predicted molar refractivity (Wildman–Crippen MR) is 85.4 cm³/mol. The largest absolute Gasteiger partial charge is 0.493 e. The summed E-state index contributed by atoms with van der Waals surface area (Å²) in [4.78, 5) is 47.3. The third-order valence-electron chi connectivity index (χ3n) is 3.65. The van der Waals surface area contributed by atoms with Crippen molar-refractivity contribution >= 4 is 23.6 Å². The minimum atomic E-state index is -0.752. The van der Waals surface area contributed by atoms with Crippen LogP contribution in [0.1, 0.15) is 30.1 Å². The van der Waals surface area contributed by atoms with Crippen molar-refractivity contribution in [1.82, 2.24) is 4.90 Å². The lowest BCUT2D eigenvalue weighted by Gasteiger charge is -2.14. The molecular weight excluding hydrogens is 330 g/mol. The molecule has 1 aliphatic rings. The topological polar surface area (TPSA) is 99.2 Å². The summed E-state index contributed by atoms with van der Waals surface area (Å²) in [6, 6.07) is 4.57. The van der Waals surface area contributed by atoms with Crippen molar-refractivity contribution in [2.45, 2.75) is 19.8 Å². The van der Waals surface area contributed by atoms with Crippen LogP contribution in [0.25, 0.3) is 0 Å². The van der Waals surface area contributed by atoms with Crippen LogP contribution < -0.4 is 9.47 Å². The number of ether oxygens (including phenoxy) is 3. The van der Waals surface area contributed by atoms with E-state index in [1.807, 2.05) is 0 Å². The second-order valence-corrected chi connectivity index (χ2v) is 5.41. The summed E-state index contributed by atoms with van der Waals surface area (Å²) in [6.45, 7) is 0.839. The van der Waals surface area contributed by atoms with Crippen LogP contribution in [0.2, 0.25) is 0 Å². The van der Waals surface area contributed by atoms with E-state index in [1.54, 1.807) is 6.07 Å². The molecule has 1 fully saturated rings. The van der Waals surface area contributed by atoms with Crippen LogP contribution >= 0.6 is 0 Å². The molecule has 0 aromatic heterocycles. The molecule has 0 aliphatic carbocycles. The maximum absolute atomic E-state index is 11.8. The van der Waals surface area contributed by atoms with Gasteiger partial charge in [0.1, 0.15) is 0 Å². The third kappa shape index (κ3) is 4.79. The molecule has 134 valence electrons. The van der Waals surface area contributed by atoms with Gasteiger partial charge in [0.15, 0.2) is 30.5 Å². The highest BCUT2D eigenvalue weighted by Crippen LogP contribution is 2.28. The number of amides is 2. The van der Waals surface area contributed by atoms with E-state index in [4.69, 9.17) is 14.2 Å². The SMILES string of the molecule is COc1cc(C(C)=O)ccc1OCC(=O)OCC(=O)N1CCCC1=O. The number of benzene rings is 1. The standard InChI is InChI=1S/C17H19NO7/c1-11(19)12-5-6-13(14(8-12)23-2)24-10-17(22)25-9-16(21)18-7-3-4-15(18)20/h5-6,8H,3-4,7,9-10H2,1-2H3. The lowest BCUT2D eigenvalue weighted by Crippen LogP contribution is -2.35. The fourth-order valence-electron chi connectivity index (χ4n) is 2.32. The quantitative estimate of drug-likeness (QED) is 0.534. The van der Waals surface area contributed by atoms with Gasteiger partial charge in [0.05, 0.1) is 7.11 Å². The molecule has 8 nitrogen and oxygen atoms in total. The van der Waals surface area contributed by atoms with Crippen LogP contribution in [-0.4, -0.2) is 55.3 Å². The van der Waals surface area contributed by atoms with E-state index in [-0.39, 0.29) is 17.4 Å². The third-order valence-corrected chi connectivity index (χ3v) is 3.65. The summed E-state index contributed by atoms with van der Waals surface area (Å²) in [5, 5.41) is 0. The molecule has 0 radical (unpaired) electrons. The van der Waals surface area contributed by atoms with Crippen molar-refractivity contribution in [2.24, 2.45) is 0 Å². The van der Waals surface area contributed by atoms with Crippen molar-refractivity contribution in [3.8, 4) is 11.5 Å². The lowest BCUT2D eigenvalue weighted by atomic mass is 10.1. The van der Waals surface area contributed by atoms with Crippen molar-refractivity contribution in [3.63, 3.8) is 0 Å². The highest BCUT2D eigenvalue weighted by Gasteiger charge is 2.27. The number of nitrogens with zero attached hydrogens (tertiary/aromatic N) is 1. The first kappa shape index (κ1) is 18.4. The number of rotatable bonds is 7. The van der Waals surface area contributed by atoms with Crippen LogP contribution in [0.3, 0.4) is 0 Å². The van der Waals surface area contributed by atoms with E-state index in [0.29, 0.717) is 30.7 Å². The van der Waals surface area contributed by atoms with Gasteiger partial charge in [-0.05, 0) is 31.5 Å². The van der Waals surface area contributed by atoms with Gasteiger partial charge >= 0.3 is 5.97 Å². The fourth-order valence-corrected chi connectivity index (χ4v) is 2.32. The van der Waals surface area contributed by atoms with E-state index in [9.17, 15) is 19.2 Å². The Morgan fingerprint density at radius 3 is 2.52 bits per heavy atom. The first-order valence-corrected chi connectivity index (χ1v) is 7.73. The Balaban J connectivity index is 1.84. The summed E-state index contributed by atoms with van der Waals surface area (Å²) in [6.07, 6.45) is 0.955. The highest BCUT2D eigenvalue weighted by atomic mass is 16.6. The first-order chi connectivity index (χ1) is 11.9. The molecule has 0 saturated carbocycles. The van der Waals surface area contributed by atoms with Gasteiger partial charge in [-0.2, -0.15) is 0 Å². The van der Waals surface area contributed by atoms with Gasteiger partial charge in [-0.3, -0.25) is 19.3 Å². The van der Waals surface area contributed by atoms with E-state index >= 15 is 0 Å². The van der Waals surface area contributed by atoms with Crippen molar-refractivity contribution in [2.75, 3.05) is 26.9 Å². The Hall–Kier alpha value is -2.90. The summed E-state index contributed by atoms with van der Waals surface area (Å²) in [5.74, 6) is -1.10. The molecule has 0 N–H and O–H groups in total. The molecule has 8 heteroatoms. The van der Waals surface area contributed by atoms with Crippen LogP contribution in [-0.2, 0) is 19.1 Å². The molecule has 1 aromatic rings. The number of hydrogen-bond acceptors (Lipinski definition) is 7. The van der Waals surface area contributed by atoms with Gasteiger partial charge in [0.2, 0.25) is 5.91 Å². The number of likely N-dealkylation sites (tertiary alicyclic amines) is 1. The molecule has 1 saturated heterocycles. The van der Waals surface area contributed by atoms with Crippen molar-refractivity contribution in [1.29, 1.82) is 0 Å². The first-order valence-electron chi connectivity index (χ1n) is 7.73. The molecule has 0 atom stereocenters. The second-order valence-electron chi connectivity index (χ2n) is 5.41. The van der Waals surface area contributed by atoms with Crippen LogP contribution in [0.4, 0.5) is 0 Å². The predicted octanol–water partition coefficient (Wildman–Crippen LogP) is 0.969. The van der Waals surface area contributed by atoms with Crippen LogP contribution in [0, 0.1) is 0 Å². The van der Waals surface area contributed by atoms with Gasteiger partial charge in [-0.15, -0.1) is 0 Å². The number of ketones is 1. The zero-order chi connectivity index (χ0) is 18.4. The molecular formula is C17H19NO7. The van der Waals surface area contributed by atoms with Crippen LogP contribution in [0.15, 0.2) is 18.2 Å². The molecule has 25 heavy (non-hydrogen) atoms. The number of carbonyl (C=O) groups is 4. The van der Waals surface area contributed by atoms with Gasteiger partial charge in [-0.25, -0.2) is 4.79 Å². The molecule has 1 heterocycles. The summed E-state index contributed by atoms with van der Waals surface area (Å²) in [7, 11) is 1.41. The molecule has 0 bridgehead atoms. The summed E-state index contributed by atoms with van der Waals surface area (Å²) < 4.78 is 15.2. The smallest absolute Gasteiger partial charge is 0.344 e. The average Bonchev–Trinajstić information content (AvgIpc) is 3.03. The Labute approximate surface area is 144 Å². The maximum Gasteiger partial charge on any atom is 0.344 e. The van der Waals surface area contributed by atoms with Crippen molar-refractivity contribution < 1.29 is 33.4 Å². The number of carbonyl (C=O) groups excluding carboxylic acids is 4. The Bertz CT molecular complexity index is 698. The molecule has 1 aromatic carbocycles. The number of Topliss-reactive ketones (excluding diaryl/α,β-unsaturated/α-hetero) is 1. The Morgan fingerprint density at radius 1 is 1.16 bits per heavy atom. The number of esters is 1. The number of methoxy groups -OCH3 is 1. The monoisotopic (exact) mass is 349 g/mol. The number of hydrogen-bond donors (Lipinski definition) is 0. The Morgan fingerprint density at radius 2 is 1.92 bits per heavy atom. The van der Waals surface area contributed by atoms with Gasteiger partial charge in [0.25, 0.3) is 5.91 Å². The van der Waals surface area contributed by atoms with E-state index in [1.165, 1.54) is 26.2 Å². The van der Waals surface area contributed by atoms with Gasteiger partial charge < -0.3 is 14.2 Å². The summed E-state index contributed by atoms with van der Waals surface area (Å²) >= 11 is 0. The average molecular weight is 349 g/mol. The molecule has 2 amide bonds. The van der Waals surface area contributed by atoms with Crippen molar-refractivity contribution in [3.05, 3.63) is 23.8 Å². The maximum atomic E-state index is 11.8. The summed E-state index contributed by atoms with van der Waals surface area (Å²) in [5.41, 5.74) is 0.452. The molecule has 1 aliphatic heterocycles. The Kier molecular flexibility index (Phi) is 6.10. The zero-order valence-electron chi connectivity index (χ0n) is 14.1. The minimum absolute atomic E-state index is 0.126.